The first kappa shape index (κ1) is 17.4. The molecule has 0 bridgehead atoms. The smallest absolute Gasteiger partial charge is 0.209 e. The Bertz CT molecular complexity index is 1270. The monoisotopic (exact) mass is 383 g/mol. The molecule has 1 atom stereocenters. The second-order valence-electron chi connectivity index (χ2n) is 7.09. The number of fused-ring (bicyclic) bond motifs is 3. The van der Waals surface area contributed by atoms with Crippen molar-refractivity contribution < 1.29 is 9.18 Å². The molecule has 1 aromatic heterocycles. The van der Waals surface area contributed by atoms with E-state index in [4.69, 9.17) is 0 Å². The van der Waals surface area contributed by atoms with Crippen LogP contribution in [0.1, 0.15) is 22.8 Å². The fraction of sp³-hybridized carbons (Fsp3) is 0.0833. The summed E-state index contributed by atoms with van der Waals surface area (Å²) in [6.45, 7) is 1.93. The topological polar surface area (TPSA) is 46.9 Å². The number of anilines is 1. The summed E-state index contributed by atoms with van der Waals surface area (Å²) in [7, 11) is 0. The van der Waals surface area contributed by atoms with Crippen LogP contribution < -0.4 is 5.32 Å². The molecule has 29 heavy (non-hydrogen) atoms. The molecule has 0 radical (unpaired) electrons. The van der Waals surface area contributed by atoms with Gasteiger partial charge in [-0.1, -0.05) is 54.6 Å². The summed E-state index contributed by atoms with van der Waals surface area (Å²) in [6, 6.07) is 23.0. The molecule has 0 saturated heterocycles. The quantitative estimate of drug-likeness (QED) is 0.499. The van der Waals surface area contributed by atoms with Crippen LogP contribution in [0, 0.1) is 5.82 Å². The Hall–Kier alpha value is -3.73. The van der Waals surface area contributed by atoms with Crippen molar-refractivity contribution >= 4 is 28.5 Å². The van der Waals surface area contributed by atoms with Crippen LogP contribution in [0.5, 0.6) is 0 Å². The molecule has 1 aliphatic heterocycles. The van der Waals surface area contributed by atoms with Crippen molar-refractivity contribution in [1.29, 1.82) is 0 Å². The molecule has 0 spiro atoms. The molecule has 3 aromatic carbocycles. The van der Waals surface area contributed by atoms with Gasteiger partial charge in [-0.05, 0) is 31.2 Å². The number of imidazole rings is 1. The van der Waals surface area contributed by atoms with Gasteiger partial charge in [-0.3, -0.25) is 9.36 Å². The highest BCUT2D eigenvalue weighted by atomic mass is 19.1. The highest BCUT2D eigenvalue weighted by Crippen LogP contribution is 2.37. The predicted molar refractivity (Wildman–Crippen MR) is 112 cm³/mol. The Balaban J connectivity index is 1.85. The van der Waals surface area contributed by atoms with E-state index in [1.54, 1.807) is 18.2 Å². The molecule has 0 amide bonds. The average Bonchev–Trinajstić information content (AvgIpc) is 3.10. The van der Waals surface area contributed by atoms with Crippen LogP contribution in [-0.4, -0.2) is 21.4 Å². The number of para-hydroxylation sites is 2. The molecule has 4 nitrogen and oxygen atoms in total. The largest absolute Gasteiger partial charge is 0.349 e. The van der Waals surface area contributed by atoms with E-state index < -0.39 is 0 Å². The van der Waals surface area contributed by atoms with Crippen molar-refractivity contribution in [1.82, 2.24) is 9.55 Å². The van der Waals surface area contributed by atoms with Crippen molar-refractivity contribution in [2.45, 2.75) is 13.0 Å². The molecule has 5 rings (SSSR count). The van der Waals surface area contributed by atoms with E-state index >= 15 is 0 Å². The summed E-state index contributed by atoms with van der Waals surface area (Å²) < 4.78 is 16.1. The van der Waals surface area contributed by atoms with Gasteiger partial charge in [0.05, 0.1) is 22.8 Å². The lowest BCUT2D eigenvalue weighted by Gasteiger charge is -2.29. The summed E-state index contributed by atoms with van der Waals surface area (Å²) in [5.41, 5.74) is 4.15. The normalized spacial score (nSPS) is 15.9. The first-order chi connectivity index (χ1) is 14.1. The number of carbonyl (C=O) groups is 1. The highest BCUT2D eigenvalue weighted by molar-refractivity contribution is 6.15. The van der Waals surface area contributed by atoms with Gasteiger partial charge in [0.25, 0.3) is 0 Å². The Morgan fingerprint density at radius 2 is 1.76 bits per heavy atom. The number of hydrogen-bond acceptors (Lipinski definition) is 3. The fourth-order valence-electron chi connectivity index (χ4n) is 3.91. The summed E-state index contributed by atoms with van der Waals surface area (Å²) in [5, 5.41) is 3.34. The molecular formula is C24H18FN3O. The zero-order valence-corrected chi connectivity index (χ0v) is 15.8. The van der Waals surface area contributed by atoms with Crippen molar-refractivity contribution in [3.05, 3.63) is 101 Å². The van der Waals surface area contributed by atoms with Crippen molar-refractivity contribution in [3.8, 4) is 0 Å². The second-order valence-corrected chi connectivity index (χ2v) is 7.09. The first-order valence-corrected chi connectivity index (χ1v) is 9.48. The maximum absolute atomic E-state index is 14.1. The van der Waals surface area contributed by atoms with Crippen LogP contribution in [0.15, 0.2) is 84.4 Å². The minimum absolute atomic E-state index is 0.0895. The standard InChI is InChI=1S/C24H18FN3O/c1-15-21(23(29)16-8-3-2-4-9-16)22(17-10-7-11-18(25)14-17)28-20-13-6-5-12-19(20)27-24(28)26-15/h2-15H,1H3,(H,26,27). The van der Waals surface area contributed by atoms with Crippen LogP contribution in [0.2, 0.25) is 0 Å². The third-order valence-corrected chi connectivity index (χ3v) is 5.20. The van der Waals surface area contributed by atoms with Gasteiger partial charge >= 0.3 is 0 Å². The first-order valence-electron chi connectivity index (χ1n) is 9.48. The molecule has 1 unspecified atom stereocenters. The van der Waals surface area contributed by atoms with Gasteiger partial charge in [-0.15, -0.1) is 0 Å². The Morgan fingerprint density at radius 1 is 1.00 bits per heavy atom. The van der Waals surface area contributed by atoms with Crippen LogP contribution >= 0.6 is 0 Å². The SMILES string of the molecule is CC1Nc2nc3ccccc3n2C(c2cccc(F)c2)=C1C(=O)c1ccccc1. The van der Waals surface area contributed by atoms with E-state index in [-0.39, 0.29) is 17.6 Å². The van der Waals surface area contributed by atoms with Crippen molar-refractivity contribution in [2.24, 2.45) is 0 Å². The molecule has 0 aliphatic carbocycles. The van der Waals surface area contributed by atoms with Crippen molar-refractivity contribution in [3.63, 3.8) is 0 Å². The van der Waals surface area contributed by atoms with E-state index in [0.29, 0.717) is 28.3 Å². The van der Waals surface area contributed by atoms with E-state index in [9.17, 15) is 9.18 Å². The maximum atomic E-state index is 14.1. The number of halogens is 1. The van der Waals surface area contributed by atoms with Gasteiger partial charge in [0.1, 0.15) is 5.82 Å². The minimum atomic E-state index is -0.348. The fourth-order valence-corrected chi connectivity index (χ4v) is 3.91. The number of ketones is 1. The third kappa shape index (κ3) is 2.83. The number of Topliss-reactive ketones (excluding diaryl/α,β-unsaturated/α-hetero) is 1. The lowest BCUT2D eigenvalue weighted by Crippen LogP contribution is -2.32. The van der Waals surface area contributed by atoms with Crippen LogP contribution in [0.3, 0.4) is 0 Å². The van der Waals surface area contributed by atoms with Gasteiger partial charge in [0, 0.05) is 16.7 Å². The number of carbonyl (C=O) groups excluding carboxylic acids is 1. The summed E-state index contributed by atoms with van der Waals surface area (Å²) in [5.74, 6) is 0.203. The number of benzene rings is 3. The zero-order valence-electron chi connectivity index (χ0n) is 15.8. The van der Waals surface area contributed by atoms with Crippen LogP contribution in [0.4, 0.5) is 10.3 Å². The van der Waals surface area contributed by atoms with E-state index in [2.05, 4.69) is 10.3 Å². The summed E-state index contributed by atoms with van der Waals surface area (Å²) in [4.78, 5) is 18.2. The molecule has 5 heteroatoms. The number of aromatic nitrogens is 2. The van der Waals surface area contributed by atoms with Crippen molar-refractivity contribution in [2.75, 3.05) is 5.32 Å². The molecule has 4 aromatic rings. The van der Waals surface area contributed by atoms with E-state index in [1.165, 1.54) is 12.1 Å². The number of hydrogen-bond donors (Lipinski definition) is 1. The number of nitrogens with zero attached hydrogens (tertiary/aromatic N) is 2. The van der Waals surface area contributed by atoms with E-state index in [0.717, 1.165) is 11.0 Å². The van der Waals surface area contributed by atoms with Crippen LogP contribution in [0.25, 0.3) is 16.7 Å². The van der Waals surface area contributed by atoms with Gasteiger partial charge < -0.3 is 5.32 Å². The van der Waals surface area contributed by atoms with Gasteiger partial charge in [0.2, 0.25) is 5.95 Å². The molecule has 142 valence electrons. The maximum Gasteiger partial charge on any atom is 0.209 e. The Kier molecular flexibility index (Phi) is 4.02. The van der Waals surface area contributed by atoms with Gasteiger partial charge in [-0.2, -0.15) is 0 Å². The molecule has 2 heterocycles. The zero-order chi connectivity index (χ0) is 20.0. The Labute approximate surface area is 167 Å². The van der Waals surface area contributed by atoms with Crippen LogP contribution in [-0.2, 0) is 0 Å². The predicted octanol–water partition coefficient (Wildman–Crippen LogP) is 5.13. The lowest BCUT2D eigenvalue weighted by molar-refractivity contribution is 0.103. The molecule has 1 aliphatic rings. The molecule has 1 N–H and O–H groups in total. The lowest BCUT2D eigenvalue weighted by atomic mass is 9.92. The number of rotatable bonds is 3. The van der Waals surface area contributed by atoms with Gasteiger partial charge in [-0.25, -0.2) is 9.37 Å². The highest BCUT2D eigenvalue weighted by Gasteiger charge is 2.32. The Morgan fingerprint density at radius 3 is 2.55 bits per heavy atom. The number of nitrogens with one attached hydrogen (secondary N) is 1. The average molecular weight is 383 g/mol. The van der Waals surface area contributed by atoms with E-state index in [1.807, 2.05) is 60.0 Å². The molecule has 0 saturated carbocycles. The molecule has 0 fully saturated rings. The minimum Gasteiger partial charge on any atom is -0.349 e. The summed E-state index contributed by atoms with van der Waals surface area (Å²) in [6.07, 6.45) is 0. The second kappa shape index (κ2) is 6.71. The molecular weight excluding hydrogens is 365 g/mol. The third-order valence-electron chi connectivity index (χ3n) is 5.20. The van der Waals surface area contributed by atoms with Gasteiger partial charge in [0.15, 0.2) is 5.78 Å². The summed E-state index contributed by atoms with van der Waals surface area (Å²) >= 11 is 0.